The first kappa shape index (κ1) is 18.8. The van der Waals surface area contributed by atoms with E-state index < -0.39 is 17.9 Å². The lowest BCUT2D eigenvalue weighted by Crippen LogP contribution is -2.45. The van der Waals surface area contributed by atoms with E-state index in [2.05, 4.69) is 0 Å². The molecule has 1 heterocycles. The van der Waals surface area contributed by atoms with Gasteiger partial charge < -0.3 is 19.5 Å². The highest BCUT2D eigenvalue weighted by molar-refractivity contribution is 5.96. The standard InChI is InChI=1S/C21H23NO5/c1-13-4-7-15(8-5-13)22-19(23)11-9-16(21(24)25)20(22)14-6-10-17(26-2)18(12-14)27-3/h4-8,10,12,16,20H,9,11H2,1-3H3,(H,24,25)/t16-,20+/m1/s1. The number of carbonyl (C=O) groups is 2. The SMILES string of the molecule is COc1ccc([C@H]2[C@H](C(=O)O)CCC(=O)N2c2ccc(C)cc2)cc1OC. The van der Waals surface area contributed by atoms with Gasteiger partial charge in [0.15, 0.2) is 11.5 Å². The van der Waals surface area contributed by atoms with Crippen molar-refractivity contribution in [2.24, 2.45) is 5.92 Å². The number of methoxy groups -OCH3 is 2. The zero-order chi connectivity index (χ0) is 19.6. The molecule has 1 aliphatic heterocycles. The smallest absolute Gasteiger partial charge is 0.308 e. The summed E-state index contributed by atoms with van der Waals surface area (Å²) in [4.78, 5) is 26.3. The third-order valence-electron chi connectivity index (χ3n) is 4.98. The maximum atomic E-state index is 12.8. The molecule has 2 aromatic rings. The summed E-state index contributed by atoms with van der Waals surface area (Å²) in [5.74, 6) is -0.657. The van der Waals surface area contributed by atoms with Gasteiger partial charge >= 0.3 is 5.97 Å². The molecule has 6 heteroatoms. The van der Waals surface area contributed by atoms with Crippen molar-refractivity contribution < 1.29 is 24.2 Å². The fraction of sp³-hybridized carbons (Fsp3) is 0.333. The molecule has 0 unspecified atom stereocenters. The Bertz CT molecular complexity index is 846. The second-order valence-corrected chi connectivity index (χ2v) is 6.64. The summed E-state index contributed by atoms with van der Waals surface area (Å²) in [7, 11) is 3.07. The van der Waals surface area contributed by atoms with Crippen LogP contribution in [0.3, 0.4) is 0 Å². The highest BCUT2D eigenvalue weighted by Crippen LogP contribution is 2.42. The predicted octanol–water partition coefficient (Wildman–Crippen LogP) is 3.58. The van der Waals surface area contributed by atoms with E-state index in [-0.39, 0.29) is 12.3 Å². The van der Waals surface area contributed by atoms with Crippen LogP contribution in [0.5, 0.6) is 11.5 Å². The van der Waals surface area contributed by atoms with Gasteiger partial charge in [0.25, 0.3) is 0 Å². The van der Waals surface area contributed by atoms with E-state index in [1.54, 1.807) is 30.2 Å². The second-order valence-electron chi connectivity index (χ2n) is 6.64. The molecule has 27 heavy (non-hydrogen) atoms. The number of aliphatic carboxylic acids is 1. The number of amides is 1. The molecule has 0 saturated carbocycles. The van der Waals surface area contributed by atoms with E-state index in [9.17, 15) is 14.7 Å². The molecule has 0 aliphatic carbocycles. The number of benzene rings is 2. The molecule has 1 aliphatic rings. The first-order valence-electron chi connectivity index (χ1n) is 8.79. The van der Waals surface area contributed by atoms with Gasteiger partial charge in [0, 0.05) is 12.1 Å². The van der Waals surface area contributed by atoms with Gasteiger partial charge in [0.2, 0.25) is 5.91 Å². The molecule has 0 radical (unpaired) electrons. The number of piperidine rings is 1. The molecule has 2 aromatic carbocycles. The van der Waals surface area contributed by atoms with E-state index in [0.29, 0.717) is 29.2 Å². The van der Waals surface area contributed by atoms with Crippen LogP contribution in [0.4, 0.5) is 5.69 Å². The van der Waals surface area contributed by atoms with E-state index in [1.807, 2.05) is 31.2 Å². The highest BCUT2D eigenvalue weighted by atomic mass is 16.5. The van der Waals surface area contributed by atoms with Gasteiger partial charge in [0.05, 0.1) is 26.2 Å². The number of carbonyl (C=O) groups excluding carboxylic acids is 1. The minimum atomic E-state index is -0.917. The number of aryl methyl sites for hydroxylation is 1. The van der Waals surface area contributed by atoms with E-state index in [0.717, 1.165) is 5.56 Å². The predicted molar refractivity (Wildman–Crippen MR) is 101 cm³/mol. The van der Waals surface area contributed by atoms with Gasteiger partial charge in [-0.15, -0.1) is 0 Å². The summed E-state index contributed by atoms with van der Waals surface area (Å²) in [6, 6.07) is 12.2. The number of rotatable bonds is 5. The lowest BCUT2D eigenvalue weighted by atomic mass is 9.83. The van der Waals surface area contributed by atoms with Gasteiger partial charge in [-0.3, -0.25) is 9.59 Å². The first-order valence-corrected chi connectivity index (χ1v) is 8.79. The van der Waals surface area contributed by atoms with Crippen LogP contribution in [0.2, 0.25) is 0 Å². The van der Waals surface area contributed by atoms with Crippen molar-refractivity contribution in [3.63, 3.8) is 0 Å². The zero-order valence-electron chi connectivity index (χ0n) is 15.6. The summed E-state index contributed by atoms with van der Waals surface area (Å²) in [5, 5.41) is 9.80. The molecule has 1 amide bonds. The average molecular weight is 369 g/mol. The Labute approximate surface area is 158 Å². The molecule has 142 valence electrons. The van der Waals surface area contributed by atoms with Crippen LogP contribution in [0.25, 0.3) is 0 Å². The molecular formula is C21H23NO5. The number of nitrogens with zero attached hydrogens (tertiary/aromatic N) is 1. The topological polar surface area (TPSA) is 76.1 Å². The van der Waals surface area contributed by atoms with Gasteiger partial charge in [-0.2, -0.15) is 0 Å². The molecule has 0 bridgehead atoms. The zero-order valence-corrected chi connectivity index (χ0v) is 15.6. The van der Waals surface area contributed by atoms with Crippen LogP contribution in [0.15, 0.2) is 42.5 Å². The van der Waals surface area contributed by atoms with Gasteiger partial charge in [-0.05, 0) is 43.2 Å². The van der Waals surface area contributed by atoms with Gasteiger partial charge in [-0.25, -0.2) is 0 Å². The Morgan fingerprint density at radius 1 is 1.07 bits per heavy atom. The quantitative estimate of drug-likeness (QED) is 0.872. The molecule has 0 spiro atoms. The molecule has 1 N–H and O–H groups in total. The highest BCUT2D eigenvalue weighted by Gasteiger charge is 2.41. The largest absolute Gasteiger partial charge is 0.493 e. The molecule has 0 aromatic heterocycles. The summed E-state index contributed by atoms with van der Waals surface area (Å²) in [6.07, 6.45) is 0.504. The summed E-state index contributed by atoms with van der Waals surface area (Å²) in [6.45, 7) is 1.97. The van der Waals surface area contributed by atoms with Crippen molar-refractivity contribution in [3.05, 3.63) is 53.6 Å². The lowest BCUT2D eigenvalue weighted by molar-refractivity contribution is -0.144. The lowest BCUT2D eigenvalue weighted by Gasteiger charge is -2.40. The van der Waals surface area contributed by atoms with Crippen LogP contribution in [-0.4, -0.2) is 31.2 Å². The monoisotopic (exact) mass is 369 g/mol. The third kappa shape index (κ3) is 3.60. The first-order chi connectivity index (χ1) is 13.0. The van der Waals surface area contributed by atoms with E-state index >= 15 is 0 Å². The van der Waals surface area contributed by atoms with Crippen molar-refractivity contribution in [3.8, 4) is 11.5 Å². The minimum absolute atomic E-state index is 0.0869. The molecule has 2 atom stereocenters. The molecule has 1 saturated heterocycles. The van der Waals surface area contributed by atoms with Crippen LogP contribution in [0.1, 0.15) is 30.0 Å². The fourth-order valence-corrected chi connectivity index (χ4v) is 3.58. The van der Waals surface area contributed by atoms with Crippen LogP contribution < -0.4 is 14.4 Å². The van der Waals surface area contributed by atoms with Gasteiger partial charge in [0.1, 0.15) is 0 Å². The summed E-state index contributed by atoms with van der Waals surface area (Å²) >= 11 is 0. The molecular weight excluding hydrogens is 346 g/mol. The van der Waals surface area contributed by atoms with E-state index in [1.165, 1.54) is 7.11 Å². The van der Waals surface area contributed by atoms with Crippen LogP contribution >= 0.6 is 0 Å². The normalized spacial score (nSPS) is 19.7. The van der Waals surface area contributed by atoms with Crippen molar-refractivity contribution in [2.45, 2.75) is 25.8 Å². The average Bonchev–Trinajstić information content (AvgIpc) is 2.67. The maximum absolute atomic E-state index is 12.8. The number of hydrogen-bond donors (Lipinski definition) is 1. The summed E-state index contributed by atoms with van der Waals surface area (Å²) in [5.41, 5.74) is 2.46. The summed E-state index contributed by atoms with van der Waals surface area (Å²) < 4.78 is 10.6. The van der Waals surface area contributed by atoms with Crippen molar-refractivity contribution in [1.29, 1.82) is 0 Å². The second kappa shape index (κ2) is 7.70. The van der Waals surface area contributed by atoms with Crippen LogP contribution in [0, 0.1) is 12.8 Å². The number of carboxylic acids is 1. The fourth-order valence-electron chi connectivity index (χ4n) is 3.58. The molecule has 6 nitrogen and oxygen atoms in total. The number of ether oxygens (including phenoxy) is 2. The number of carboxylic acid groups (broad SMARTS) is 1. The molecule has 3 rings (SSSR count). The van der Waals surface area contributed by atoms with Crippen LogP contribution in [-0.2, 0) is 9.59 Å². The number of hydrogen-bond acceptors (Lipinski definition) is 4. The minimum Gasteiger partial charge on any atom is -0.493 e. The van der Waals surface area contributed by atoms with Crippen molar-refractivity contribution in [2.75, 3.05) is 19.1 Å². The Morgan fingerprint density at radius 3 is 2.33 bits per heavy atom. The van der Waals surface area contributed by atoms with Gasteiger partial charge in [-0.1, -0.05) is 23.8 Å². The Balaban J connectivity index is 2.13. The Kier molecular flexibility index (Phi) is 5.35. The molecule has 1 fully saturated rings. The van der Waals surface area contributed by atoms with E-state index in [4.69, 9.17) is 9.47 Å². The maximum Gasteiger partial charge on any atom is 0.308 e. The Morgan fingerprint density at radius 2 is 1.74 bits per heavy atom. The van der Waals surface area contributed by atoms with Crippen molar-refractivity contribution >= 4 is 17.6 Å². The third-order valence-corrected chi connectivity index (χ3v) is 4.98. The number of anilines is 1. The Hall–Kier alpha value is -3.02. The van der Waals surface area contributed by atoms with Crippen molar-refractivity contribution in [1.82, 2.24) is 0 Å².